The summed E-state index contributed by atoms with van der Waals surface area (Å²) >= 11 is 12.3. The molecule has 0 saturated carbocycles. The summed E-state index contributed by atoms with van der Waals surface area (Å²) in [5.41, 5.74) is 3.40. The number of hydrogen-bond acceptors (Lipinski definition) is 4. The first kappa shape index (κ1) is 25.9. The average molecular weight is 550 g/mol. The second kappa shape index (κ2) is 10.1. The molecule has 2 aromatic carbocycles. The van der Waals surface area contributed by atoms with E-state index in [9.17, 15) is 22.4 Å². The van der Waals surface area contributed by atoms with E-state index >= 15 is 0 Å². The summed E-state index contributed by atoms with van der Waals surface area (Å²) in [7, 11) is -3.85. The van der Waals surface area contributed by atoms with E-state index in [1.165, 1.54) is 18.2 Å². The van der Waals surface area contributed by atoms with Gasteiger partial charge in [0.25, 0.3) is 11.8 Å². The number of alkyl halides is 1. The fraction of sp³-hybridized carbons (Fsp3) is 0.200. The molecule has 188 valence electrons. The standard InChI is InChI=1S/C25H22Cl2FN3O4S/c1-13-22(30-14(2)23(13)25(33)29-9-8-28)11-17-16-10-15(6-7-21(16)31-24(17)32)36(34,35)12-18-19(26)4-3-5-20(18)27/h3-7,10-11,30H,8-9,12H2,1-2H3,(H,29,33)(H,31,32)/b17-11-. The first-order chi connectivity index (χ1) is 17.0. The lowest BCUT2D eigenvalue weighted by Gasteiger charge is -2.10. The molecule has 0 atom stereocenters. The van der Waals surface area contributed by atoms with Gasteiger partial charge in [0.15, 0.2) is 9.84 Å². The normalized spacial score (nSPS) is 14.1. The van der Waals surface area contributed by atoms with Crippen LogP contribution in [-0.2, 0) is 20.4 Å². The van der Waals surface area contributed by atoms with Crippen molar-refractivity contribution in [3.05, 3.63) is 80.1 Å². The highest BCUT2D eigenvalue weighted by Crippen LogP contribution is 2.37. The number of rotatable bonds is 7. The number of carbonyl (C=O) groups is 2. The van der Waals surface area contributed by atoms with E-state index in [0.717, 1.165) is 0 Å². The van der Waals surface area contributed by atoms with Gasteiger partial charge in [0.2, 0.25) is 0 Å². The van der Waals surface area contributed by atoms with Crippen LogP contribution in [0.15, 0.2) is 41.3 Å². The second-order valence-corrected chi connectivity index (χ2v) is 11.1. The minimum absolute atomic E-state index is 0.00492. The molecule has 2 amide bonds. The van der Waals surface area contributed by atoms with Crippen molar-refractivity contribution in [2.45, 2.75) is 24.5 Å². The Morgan fingerprint density at radius 1 is 1.14 bits per heavy atom. The van der Waals surface area contributed by atoms with Gasteiger partial charge in [0.1, 0.15) is 6.67 Å². The topological polar surface area (TPSA) is 108 Å². The van der Waals surface area contributed by atoms with Gasteiger partial charge in [0, 0.05) is 44.8 Å². The third kappa shape index (κ3) is 4.91. The maximum absolute atomic E-state index is 13.2. The third-order valence-corrected chi connectivity index (χ3v) is 8.25. The van der Waals surface area contributed by atoms with Crippen LogP contribution in [0.1, 0.15) is 38.4 Å². The summed E-state index contributed by atoms with van der Waals surface area (Å²) in [6.45, 7) is 2.62. The van der Waals surface area contributed by atoms with E-state index in [4.69, 9.17) is 23.2 Å². The number of carbonyl (C=O) groups excluding carboxylic acids is 2. The first-order valence-electron chi connectivity index (χ1n) is 10.9. The summed E-state index contributed by atoms with van der Waals surface area (Å²) in [5.74, 6) is -1.24. The van der Waals surface area contributed by atoms with Gasteiger partial charge in [-0.05, 0) is 55.8 Å². The van der Waals surface area contributed by atoms with Gasteiger partial charge in [-0.3, -0.25) is 9.59 Å². The van der Waals surface area contributed by atoms with E-state index in [0.29, 0.717) is 39.3 Å². The quantitative estimate of drug-likeness (QED) is 0.356. The van der Waals surface area contributed by atoms with E-state index in [2.05, 4.69) is 15.6 Å². The lowest BCUT2D eigenvalue weighted by Crippen LogP contribution is -2.26. The fourth-order valence-electron chi connectivity index (χ4n) is 4.10. The van der Waals surface area contributed by atoms with E-state index in [-0.39, 0.29) is 27.1 Å². The van der Waals surface area contributed by atoms with Crippen LogP contribution in [0.3, 0.4) is 0 Å². The zero-order chi connectivity index (χ0) is 26.2. The second-order valence-electron chi connectivity index (χ2n) is 8.29. The first-order valence-corrected chi connectivity index (χ1v) is 13.3. The van der Waals surface area contributed by atoms with Crippen LogP contribution in [0.4, 0.5) is 10.1 Å². The number of anilines is 1. The molecule has 0 aliphatic carbocycles. The molecule has 3 N–H and O–H groups in total. The van der Waals surface area contributed by atoms with Crippen molar-refractivity contribution >= 4 is 62.2 Å². The Balaban J connectivity index is 1.72. The van der Waals surface area contributed by atoms with Gasteiger partial charge in [-0.1, -0.05) is 29.3 Å². The molecular weight excluding hydrogens is 528 g/mol. The lowest BCUT2D eigenvalue weighted by atomic mass is 10.0. The van der Waals surface area contributed by atoms with Crippen molar-refractivity contribution in [3.63, 3.8) is 0 Å². The highest BCUT2D eigenvalue weighted by Gasteiger charge is 2.28. The summed E-state index contributed by atoms with van der Waals surface area (Å²) in [4.78, 5) is 28.3. The highest BCUT2D eigenvalue weighted by molar-refractivity contribution is 7.90. The number of aromatic amines is 1. The average Bonchev–Trinajstić information content (AvgIpc) is 3.29. The predicted molar refractivity (Wildman–Crippen MR) is 139 cm³/mol. The van der Waals surface area contributed by atoms with E-state index in [1.54, 1.807) is 38.1 Å². The molecule has 1 aliphatic rings. The SMILES string of the molecule is Cc1[nH]c(/C=C2\C(=O)Nc3ccc(S(=O)(=O)Cc4c(Cl)cccc4Cl)cc32)c(C)c1C(=O)NCCF. The van der Waals surface area contributed by atoms with Crippen LogP contribution in [-0.4, -0.2) is 38.4 Å². The molecule has 3 aromatic rings. The Hall–Kier alpha value is -3.14. The number of amides is 2. The molecule has 7 nitrogen and oxygen atoms in total. The van der Waals surface area contributed by atoms with Gasteiger partial charge in [-0.15, -0.1) is 0 Å². The molecule has 4 rings (SSSR count). The van der Waals surface area contributed by atoms with Gasteiger partial charge in [0.05, 0.1) is 21.8 Å². The number of benzene rings is 2. The number of nitrogens with one attached hydrogen (secondary N) is 3. The zero-order valence-electron chi connectivity index (χ0n) is 19.3. The van der Waals surface area contributed by atoms with Crippen molar-refractivity contribution < 1.29 is 22.4 Å². The minimum atomic E-state index is -3.85. The lowest BCUT2D eigenvalue weighted by molar-refractivity contribution is -0.110. The van der Waals surface area contributed by atoms with Crippen LogP contribution in [0, 0.1) is 13.8 Å². The number of H-pyrrole nitrogens is 1. The van der Waals surface area contributed by atoms with Crippen molar-refractivity contribution in [2.75, 3.05) is 18.5 Å². The summed E-state index contributed by atoms with van der Waals surface area (Å²) < 4.78 is 38.9. The smallest absolute Gasteiger partial charge is 0.256 e. The monoisotopic (exact) mass is 549 g/mol. The third-order valence-electron chi connectivity index (χ3n) is 5.90. The Labute approximate surface area is 217 Å². The van der Waals surface area contributed by atoms with Crippen LogP contribution in [0.25, 0.3) is 11.6 Å². The molecule has 1 aliphatic heterocycles. The number of fused-ring (bicyclic) bond motifs is 1. The number of aryl methyl sites for hydroxylation is 1. The van der Waals surface area contributed by atoms with Crippen LogP contribution in [0.5, 0.6) is 0 Å². The Morgan fingerprint density at radius 3 is 2.50 bits per heavy atom. The van der Waals surface area contributed by atoms with Gasteiger partial charge >= 0.3 is 0 Å². The van der Waals surface area contributed by atoms with Crippen molar-refractivity contribution in [1.82, 2.24) is 10.3 Å². The molecule has 0 saturated heterocycles. The largest absolute Gasteiger partial charge is 0.358 e. The molecule has 0 bridgehead atoms. The van der Waals surface area contributed by atoms with Gasteiger partial charge in [-0.25, -0.2) is 12.8 Å². The van der Waals surface area contributed by atoms with E-state index < -0.39 is 34.1 Å². The number of halogens is 3. The molecule has 0 spiro atoms. The molecule has 36 heavy (non-hydrogen) atoms. The maximum atomic E-state index is 13.2. The number of aromatic nitrogens is 1. The molecule has 0 fully saturated rings. The summed E-state index contributed by atoms with van der Waals surface area (Å²) in [6.07, 6.45) is 1.57. The Bertz CT molecular complexity index is 1510. The maximum Gasteiger partial charge on any atom is 0.256 e. The van der Waals surface area contributed by atoms with Crippen LogP contribution >= 0.6 is 23.2 Å². The van der Waals surface area contributed by atoms with Gasteiger partial charge < -0.3 is 15.6 Å². The minimum Gasteiger partial charge on any atom is -0.358 e. The summed E-state index contributed by atoms with van der Waals surface area (Å²) in [6, 6.07) is 9.13. The predicted octanol–water partition coefficient (Wildman–Crippen LogP) is 5.10. The van der Waals surface area contributed by atoms with Crippen molar-refractivity contribution in [1.29, 1.82) is 0 Å². The van der Waals surface area contributed by atoms with Crippen LogP contribution in [0.2, 0.25) is 10.0 Å². The summed E-state index contributed by atoms with van der Waals surface area (Å²) in [5, 5.41) is 5.71. The fourth-order valence-corrected chi connectivity index (χ4v) is 6.22. The Kier molecular flexibility index (Phi) is 7.26. The van der Waals surface area contributed by atoms with Crippen LogP contribution < -0.4 is 10.6 Å². The van der Waals surface area contributed by atoms with Crippen molar-refractivity contribution in [3.8, 4) is 0 Å². The molecular formula is C25H22Cl2FN3O4S. The van der Waals surface area contributed by atoms with Gasteiger partial charge in [-0.2, -0.15) is 0 Å². The molecule has 1 aromatic heterocycles. The number of hydrogen-bond donors (Lipinski definition) is 3. The van der Waals surface area contributed by atoms with Crippen molar-refractivity contribution in [2.24, 2.45) is 0 Å². The Morgan fingerprint density at radius 2 is 1.83 bits per heavy atom. The highest BCUT2D eigenvalue weighted by atomic mass is 35.5. The van der Waals surface area contributed by atoms with E-state index in [1.807, 2.05) is 0 Å². The number of sulfone groups is 1. The molecule has 11 heteroatoms. The molecule has 0 radical (unpaired) electrons. The molecule has 2 heterocycles. The molecule has 0 unspecified atom stereocenters. The zero-order valence-corrected chi connectivity index (χ0v) is 21.7.